The fourth-order valence-corrected chi connectivity index (χ4v) is 3.57. The summed E-state index contributed by atoms with van der Waals surface area (Å²) in [7, 11) is 1.75. The van der Waals surface area contributed by atoms with Crippen LogP contribution in [0.5, 0.6) is 5.75 Å². The molecule has 1 aliphatic rings. The molecule has 6 nitrogen and oxygen atoms in total. The second-order valence-corrected chi connectivity index (χ2v) is 7.54. The van der Waals surface area contributed by atoms with Crippen LogP contribution in [0.25, 0.3) is 0 Å². The predicted molar refractivity (Wildman–Crippen MR) is 125 cm³/mol. The van der Waals surface area contributed by atoms with Crippen molar-refractivity contribution in [3.05, 3.63) is 77.9 Å². The number of carbonyl (C=O) groups excluding carboxylic acids is 1. The Morgan fingerprint density at radius 3 is 2.48 bits per heavy atom. The number of nitrogens with one attached hydrogen (secondary N) is 2. The molecule has 0 radical (unpaired) electrons. The van der Waals surface area contributed by atoms with Crippen molar-refractivity contribution < 1.29 is 9.53 Å². The van der Waals surface area contributed by atoms with Gasteiger partial charge in [0.15, 0.2) is 5.96 Å². The van der Waals surface area contributed by atoms with Crippen molar-refractivity contribution in [2.24, 2.45) is 4.99 Å². The van der Waals surface area contributed by atoms with Crippen LogP contribution in [0.4, 0.5) is 0 Å². The summed E-state index contributed by atoms with van der Waals surface area (Å²) in [5.41, 5.74) is 2.89. The molecule has 1 saturated heterocycles. The highest BCUT2D eigenvalue weighted by Gasteiger charge is 2.17. The predicted octanol–water partition coefficient (Wildman–Crippen LogP) is 3.74. The van der Waals surface area contributed by atoms with Gasteiger partial charge in [0, 0.05) is 44.4 Å². The molecule has 0 spiro atoms. The minimum Gasteiger partial charge on any atom is -0.489 e. The highest BCUT2D eigenvalue weighted by molar-refractivity contribution is 5.94. The van der Waals surface area contributed by atoms with E-state index < -0.39 is 0 Å². The number of amides is 1. The number of aliphatic imine (C=N–C) groups is 1. The van der Waals surface area contributed by atoms with Crippen molar-refractivity contribution in [3.63, 3.8) is 0 Å². The first-order chi connectivity index (χ1) is 15.2. The van der Waals surface area contributed by atoms with Crippen molar-refractivity contribution in [2.45, 2.75) is 32.4 Å². The second-order valence-electron chi connectivity index (χ2n) is 7.54. The maximum atomic E-state index is 12.6. The molecule has 2 N–H and O–H groups in total. The Labute approximate surface area is 185 Å². The first kappa shape index (κ1) is 22.4. The van der Waals surface area contributed by atoms with Crippen LogP contribution in [0.2, 0.25) is 0 Å². The van der Waals surface area contributed by atoms with Gasteiger partial charge in [-0.15, -0.1) is 0 Å². The number of benzene rings is 2. The van der Waals surface area contributed by atoms with Crippen molar-refractivity contribution in [3.8, 4) is 5.75 Å². The summed E-state index contributed by atoms with van der Waals surface area (Å²) in [6.07, 6.45) is 5.16. The van der Waals surface area contributed by atoms with Gasteiger partial charge in [-0.1, -0.05) is 43.0 Å². The molecule has 2 aromatic carbocycles. The largest absolute Gasteiger partial charge is 0.489 e. The molecule has 0 unspecified atom stereocenters. The molecule has 0 saturated carbocycles. The average Bonchev–Trinajstić information content (AvgIpc) is 2.84. The molecule has 1 aliphatic heterocycles. The van der Waals surface area contributed by atoms with E-state index in [1.54, 1.807) is 13.1 Å². The van der Waals surface area contributed by atoms with E-state index in [9.17, 15) is 4.79 Å². The molecule has 2 aromatic rings. The van der Waals surface area contributed by atoms with Gasteiger partial charge >= 0.3 is 0 Å². The number of ether oxygens (including phenoxy) is 1. The van der Waals surface area contributed by atoms with E-state index in [1.807, 2.05) is 53.4 Å². The molecule has 0 aliphatic carbocycles. The summed E-state index contributed by atoms with van der Waals surface area (Å²) < 4.78 is 5.71. The number of carbonyl (C=O) groups is 1. The number of hydrogen-bond donors (Lipinski definition) is 2. The van der Waals surface area contributed by atoms with Crippen LogP contribution in [0.15, 0.2) is 66.2 Å². The number of likely N-dealkylation sites (tertiary alicyclic amines) is 1. The number of rotatable bonds is 8. The van der Waals surface area contributed by atoms with Crippen LogP contribution < -0.4 is 15.4 Å². The van der Waals surface area contributed by atoms with E-state index in [-0.39, 0.29) is 5.91 Å². The molecule has 0 atom stereocenters. The third-order valence-electron chi connectivity index (χ3n) is 5.30. The van der Waals surface area contributed by atoms with Crippen molar-refractivity contribution in [1.29, 1.82) is 0 Å². The number of para-hydroxylation sites is 1. The Balaban J connectivity index is 1.50. The molecule has 31 heavy (non-hydrogen) atoms. The van der Waals surface area contributed by atoms with Crippen LogP contribution in [0, 0.1) is 0 Å². The van der Waals surface area contributed by atoms with Gasteiger partial charge in [-0.05, 0) is 43.0 Å². The van der Waals surface area contributed by atoms with Crippen LogP contribution in [-0.4, -0.2) is 43.5 Å². The highest BCUT2D eigenvalue weighted by atomic mass is 16.5. The highest BCUT2D eigenvalue weighted by Crippen LogP contribution is 2.17. The van der Waals surface area contributed by atoms with Gasteiger partial charge in [-0.3, -0.25) is 9.79 Å². The molecule has 0 aromatic heterocycles. The Kier molecular flexibility index (Phi) is 8.52. The normalized spacial score (nSPS) is 14.1. The number of nitrogens with zero attached hydrogens (tertiary/aromatic N) is 2. The monoisotopic (exact) mass is 420 g/mol. The van der Waals surface area contributed by atoms with Crippen molar-refractivity contribution >= 4 is 11.9 Å². The Bertz CT molecular complexity index is 887. The van der Waals surface area contributed by atoms with Crippen LogP contribution in [0.3, 0.4) is 0 Å². The van der Waals surface area contributed by atoms with E-state index in [1.165, 1.54) is 6.42 Å². The molecule has 0 bridgehead atoms. The van der Waals surface area contributed by atoms with Gasteiger partial charge in [0.05, 0.1) is 0 Å². The second kappa shape index (κ2) is 11.8. The number of hydrogen-bond acceptors (Lipinski definition) is 3. The lowest BCUT2D eigenvalue weighted by molar-refractivity contribution is 0.0724. The Morgan fingerprint density at radius 1 is 1.06 bits per heavy atom. The summed E-state index contributed by atoms with van der Waals surface area (Å²) in [4.78, 5) is 18.9. The third kappa shape index (κ3) is 6.60. The lowest BCUT2D eigenvalue weighted by atomic mass is 10.1. The zero-order chi connectivity index (χ0) is 21.9. The van der Waals surface area contributed by atoms with Gasteiger partial charge in [0.1, 0.15) is 12.4 Å². The van der Waals surface area contributed by atoms with E-state index >= 15 is 0 Å². The van der Waals surface area contributed by atoms with E-state index in [4.69, 9.17) is 4.74 Å². The van der Waals surface area contributed by atoms with Gasteiger partial charge in [0.2, 0.25) is 0 Å². The third-order valence-corrected chi connectivity index (χ3v) is 5.30. The van der Waals surface area contributed by atoms with Crippen molar-refractivity contribution in [1.82, 2.24) is 15.5 Å². The lowest BCUT2D eigenvalue weighted by Crippen LogP contribution is -2.36. The molecular weight excluding hydrogens is 388 g/mol. The first-order valence-corrected chi connectivity index (χ1v) is 10.9. The number of piperidine rings is 1. The molecule has 1 heterocycles. The summed E-state index contributed by atoms with van der Waals surface area (Å²) >= 11 is 0. The SMILES string of the molecule is C=CCOc1ccccc1CNC(=NC)NCc1ccc(C(=O)N2CCCCC2)cc1. The van der Waals surface area contributed by atoms with Crippen LogP contribution in [0.1, 0.15) is 40.7 Å². The van der Waals surface area contributed by atoms with Gasteiger partial charge in [0.25, 0.3) is 5.91 Å². The van der Waals surface area contributed by atoms with E-state index in [0.717, 1.165) is 48.4 Å². The number of guanidine groups is 1. The Hall–Kier alpha value is -3.28. The molecular formula is C25H32N4O2. The van der Waals surface area contributed by atoms with Gasteiger partial charge in [-0.25, -0.2) is 0 Å². The van der Waals surface area contributed by atoms with Gasteiger partial charge < -0.3 is 20.3 Å². The zero-order valence-electron chi connectivity index (χ0n) is 18.3. The van der Waals surface area contributed by atoms with E-state index in [2.05, 4.69) is 22.2 Å². The van der Waals surface area contributed by atoms with Crippen LogP contribution >= 0.6 is 0 Å². The molecule has 6 heteroatoms. The zero-order valence-corrected chi connectivity index (χ0v) is 18.3. The fourth-order valence-electron chi connectivity index (χ4n) is 3.57. The summed E-state index contributed by atoms with van der Waals surface area (Å²) in [6, 6.07) is 15.7. The lowest BCUT2D eigenvalue weighted by Gasteiger charge is -2.26. The quantitative estimate of drug-likeness (QED) is 0.388. The van der Waals surface area contributed by atoms with E-state index in [0.29, 0.717) is 25.7 Å². The Morgan fingerprint density at radius 2 is 1.77 bits per heavy atom. The molecule has 164 valence electrons. The van der Waals surface area contributed by atoms with Crippen LogP contribution in [-0.2, 0) is 13.1 Å². The summed E-state index contributed by atoms with van der Waals surface area (Å²) in [6.45, 7) is 7.11. The minimum atomic E-state index is 0.133. The molecule has 1 fully saturated rings. The smallest absolute Gasteiger partial charge is 0.253 e. The summed E-state index contributed by atoms with van der Waals surface area (Å²) in [5, 5.41) is 6.63. The van der Waals surface area contributed by atoms with Crippen molar-refractivity contribution in [2.75, 3.05) is 26.7 Å². The fraction of sp³-hybridized carbons (Fsp3) is 0.360. The maximum absolute atomic E-state index is 12.6. The first-order valence-electron chi connectivity index (χ1n) is 10.9. The summed E-state index contributed by atoms with van der Waals surface area (Å²) in [5.74, 6) is 1.67. The van der Waals surface area contributed by atoms with Gasteiger partial charge in [-0.2, -0.15) is 0 Å². The molecule has 1 amide bonds. The standard InChI is InChI=1S/C25H32N4O2/c1-3-17-31-23-10-6-5-9-22(23)19-28-25(26-2)27-18-20-11-13-21(14-12-20)24(30)29-15-7-4-8-16-29/h3,5-6,9-14H,1,4,7-8,15-19H2,2H3,(H2,26,27,28). The minimum absolute atomic E-state index is 0.133. The topological polar surface area (TPSA) is 66.0 Å². The average molecular weight is 421 g/mol. The molecule has 3 rings (SSSR count). The maximum Gasteiger partial charge on any atom is 0.253 e.